The summed E-state index contributed by atoms with van der Waals surface area (Å²) in [4.78, 5) is 6.20. The zero-order valence-corrected chi connectivity index (χ0v) is 8.16. The van der Waals surface area contributed by atoms with E-state index in [2.05, 4.69) is 22.2 Å². The number of aromatic nitrogens is 1. The Balaban J connectivity index is 2.29. The second kappa shape index (κ2) is 3.30. The molecule has 0 radical (unpaired) electrons. The van der Waals surface area contributed by atoms with Gasteiger partial charge in [-0.25, -0.2) is 0 Å². The summed E-state index contributed by atoms with van der Waals surface area (Å²) in [7, 11) is 0. The summed E-state index contributed by atoms with van der Waals surface area (Å²) in [6.07, 6.45) is 5.52. The van der Waals surface area contributed by atoms with E-state index in [-0.39, 0.29) is 0 Å². The summed E-state index contributed by atoms with van der Waals surface area (Å²) in [6.45, 7) is 2.15. The van der Waals surface area contributed by atoms with Gasteiger partial charge in [0.2, 0.25) is 0 Å². The van der Waals surface area contributed by atoms with Crippen LogP contribution in [0.1, 0.15) is 6.92 Å². The summed E-state index contributed by atoms with van der Waals surface area (Å²) >= 11 is 1.78. The first kappa shape index (κ1) is 8.44. The lowest BCUT2D eigenvalue weighted by Gasteiger charge is -2.20. The number of nitrogen functional groups attached to an aromatic ring is 1. The number of thioether (sulfide) groups is 1. The van der Waals surface area contributed by atoms with Crippen molar-refractivity contribution in [1.82, 2.24) is 4.98 Å². The minimum Gasteiger partial charge on any atom is -0.397 e. The fraction of sp³-hybridized carbons (Fsp3) is 0.222. The van der Waals surface area contributed by atoms with Crippen LogP contribution in [0.25, 0.3) is 0 Å². The zero-order chi connectivity index (χ0) is 9.26. The maximum absolute atomic E-state index is 5.65. The molecule has 1 aromatic rings. The van der Waals surface area contributed by atoms with E-state index < -0.39 is 0 Å². The van der Waals surface area contributed by atoms with Gasteiger partial charge in [-0.2, -0.15) is 0 Å². The quantitative estimate of drug-likeness (QED) is 0.741. The Kier molecular flexibility index (Phi) is 2.14. The third-order valence-corrected chi connectivity index (χ3v) is 2.83. The summed E-state index contributed by atoms with van der Waals surface area (Å²) < 4.78 is 0. The molecule has 68 valence electrons. The largest absolute Gasteiger partial charge is 0.397 e. The van der Waals surface area contributed by atoms with Gasteiger partial charge < -0.3 is 10.6 Å². The van der Waals surface area contributed by atoms with E-state index in [9.17, 15) is 0 Å². The smallest absolute Gasteiger partial charge is 0.0807 e. The summed E-state index contributed by atoms with van der Waals surface area (Å²) in [6, 6.07) is 1.93. The van der Waals surface area contributed by atoms with Crippen molar-refractivity contribution in [1.29, 1.82) is 0 Å². The lowest BCUT2D eigenvalue weighted by molar-refractivity contribution is 0.963. The lowest BCUT2D eigenvalue weighted by Crippen LogP contribution is -2.20. The van der Waals surface area contributed by atoms with Crippen LogP contribution in [-0.4, -0.2) is 10.4 Å². The maximum atomic E-state index is 5.65. The molecule has 13 heavy (non-hydrogen) atoms. The first-order chi connectivity index (χ1) is 6.27. The van der Waals surface area contributed by atoms with Crippen LogP contribution < -0.4 is 10.6 Å². The van der Waals surface area contributed by atoms with Crippen molar-refractivity contribution in [3.05, 3.63) is 30.1 Å². The predicted molar refractivity (Wildman–Crippen MR) is 57.3 cm³/mol. The van der Waals surface area contributed by atoms with E-state index in [1.54, 1.807) is 18.0 Å². The minimum atomic E-state index is 0.434. The first-order valence-corrected chi connectivity index (χ1v) is 5.02. The standard InChI is InChI=1S/C9H11N3S/c1-7-12(2-3-13-7)9-4-8(10)5-11-6-9/h2-7H,10H2,1H3. The Bertz CT molecular complexity index is 337. The van der Waals surface area contributed by atoms with Crippen LogP contribution in [0.15, 0.2) is 30.1 Å². The molecule has 0 fully saturated rings. The number of anilines is 2. The highest BCUT2D eigenvalue weighted by molar-refractivity contribution is 8.03. The van der Waals surface area contributed by atoms with Crippen molar-refractivity contribution in [2.45, 2.75) is 12.3 Å². The van der Waals surface area contributed by atoms with Crippen LogP contribution >= 0.6 is 11.8 Å². The SMILES string of the molecule is CC1SC=CN1c1cncc(N)c1. The molecule has 1 unspecified atom stereocenters. The molecule has 1 aliphatic rings. The highest BCUT2D eigenvalue weighted by Gasteiger charge is 2.16. The van der Waals surface area contributed by atoms with Crippen LogP contribution in [0, 0.1) is 0 Å². The van der Waals surface area contributed by atoms with Crippen molar-refractivity contribution in [3.63, 3.8) is 0 Å². The molecule has 1 atom stereocenters. The fourth-order valence-electron chi connectivity index (χ4n) is 1.28. The van der Waals surface area contributed by atoms with Gasteiger partial charge in [-0.15, -0.1) is 11.8 Å². The molecule has 0 saturated heterocycles. The monoisotopic (exact) mass is 193 g/mol. The van der Waals surface area contributed by atoms with Gasteiger partial charge in [0.15, 0.2) is 0 Å². The van der Waals surface area contributed by atoms with Gasteiger partial charge in [0, 0.05) is 12.4 Å². The van der Waals surface area contributed by atoms with Crippen LogP contribution in [0.5, 0.6) is 0 Å². The maximum Gasteiger partial charge on any atom is 0.0807 e. The Hall–Kier alpha value is -1.16. The molecule has 2 N–H and O–H groups in total. The van der Waals surface area contributed by atoms with Gasteiger partial charge in [-0.05, 0) is 18.4 Å². The molecule has 1 aliphatic heterocycles. The number of nitrogens with two attached hydrogens (primary N) is 1. The molecule has 0 spiro atoms. The number of hydrogen-bond acceptors (Lipinski definition) is 4. The third-order valence-electron chi connectivity index (χ3n) is 1.93. The van der Waals surface area contributed by atoms with E-state index in [0.717, 1.165) is 5.69 Å². The van der Waals surface area contributed by atoms with E-state index in [0.29, 0.717) is 11.1 Å². The van der Waals surface area contributed by atoms with Crippen molar-refractivity contribution >= 4 is 23.1 Å². The molecular formula is C9H11N3S. The Labute approximate surface area is 81.6 Å². The molecule has 0 aromatic carbocycles. The normalized spacial score (nSPS) is 21.0. The van der Waals surface area contributed by atoms with Gasteiger partial charge in [0.05, 0.1) is 22.9 Å². The minimum absolute atomic E-state index is 0.434. The molecule has 1 aromatic heterocycles. The summed E-state index contributed by atoms with van der Waals surface area (Å²) in [5.74, 6) is 0. The number of rotatable bonds is 1. The van der Waals surface area contributed by atoms with Crippen molar-refractivity contribution in [3.8, 4) is 0 Å². The Morgan fingerprint density at radius 1 is 1.54 bits per heavy atom. The Morgan fingerprint density at radius 2 is 2.38 bits per heavy atom. The Morgan fingerprint density at radius 3 is 3.00 bits per heavy atom. The van der Waals surface area contributed by atoms with Crippen LogP contribution in [0.4, 0.5) is 11.4 Å². The molecule has 0 bridgehead atoms. The summed E-state index contributed by atoms with van der Waals surface area (Å²) in [5, 5.41) is 2.51. The summed E-state index contributed by atoms with van der Waals surface area (Å²) in [5.41, 5.74) is 7.41. The average Bonchev–Trinajstić information content (AvgIpc) is 2.51. The number of nitrogens with zero attached hydrogens (tertiary/aromatic N) is 2. The highest BCUT2D eigenvalue weighted by Crippen LogP contribution is 2.30. The molecule has 4 heteroatoms. The van der Waals surface area contributed by atoms with Gasteiger partial charge in [0.25, 0.3) is 0 Å². The molecule has 0 aliphatic carbocycles. The molecule has 0 saturated carbocycles. The third kappa shape index (κ3) is 1.62. The van der Waals surface area contributed by atoms with Crippen molar-refractivity contribution < 1.29 is 0 Å². The fourth-order valence-corrected chi connectivity index (χ4v) is 2.04. The van der Waals surface area contributed by atoms with Gasteiger partial charge >= 0.3 is 0 Å². The lowest BCUT2D eigenvalue weighted by atomic mass is 10.3. The molecule has 2 heterocycles. The number of pyridine rings is 1. The second-order valence-corrected chi connectivity index (χ2v) is 4.13. The first-order valence-electron chi connectivity index (χ1n) is 4.08. The van der Waals surface area contributed by atoms with E-state index in [1.165, 1.54) is 0 Å². The van der Waals surface area contributed by atoms with Gasteiger partial charge in [-0.1, -0.05) is 0 Å². The van der Waals surface area contributed by atoms with Gasteiger partial charge in [-0.3, -0.25) is 4.98 Å². The predicted octanol–water partition coefficient (Wildman–Crippen LogP) is 2.03. The van der Waals surface area contributed by atoms with Crippen molar-refractivity contribution in [2.75, 3.05) is 10.6 Å². The topological polar surface area (TPSA) is 42.2 Å². The van der Waals surface area contributed by atoms with Crippen LogP contribution in [-0.2, 0) is 0 Å². The highest BCUT2D eigenvalue weighted by atomic mass is 32.2. The molecule has 0 amide bonds. The van der Waals surface area contributed by atoms with Crippen LogP contribution in [0.3, 0.4) is 0 Å². The zero-order valence-electron chi connectivity index (χ0n) is 7.34. The average molecular weight is 193 g/mol. The molecule has 2 rings (SSSR count). The molecular weight excluding hydrogens is 182 g/mol. The second-order valence-electron chi connectivity index (χ2n) is 2.90. The molecule has 3 nitrogen and oxygen atoms in total. The van der Waals surface area contributed by atoms with Crippen molar-refractivity contribution in [2.24, 2.45) is 0 Å². The van der Waals surface area contributed by atoms with E-state index in [1.807, 2.05) is 18.5 Å². The van der Waals surface area contributed by atoms with E-state index >= 15 is 0 Å². The van der Waals surface area contributed by atoms with Crippen LogP contribution in [0.2, 0.25) is 0 Å². The van der Waals surface area contributed by atoms with Gasteiger partial charge in [0.1, 0.15) is 0 Å². The number of hydrogen-bond donors (Lipinski definition) is 1. The van der Waals surface area contributed by atoms with E-state index in [4.69, 9.17) is 5.73 Å².